The molecule has 1 amide bonds. The van der Waals surface area contributed by atoms with Gasteiger partial charge in [-0.05, 0) is 37.5 Å². The summed E-state index contributed by atoms with van der Waals surface area (Å²) in [5.41, 5.74) is 1.52. The number of fused-ring (bicyclic) bond motifs is 1. The van der Waals surface area contributed by atoms with Gasteiger partial charge in [-0.3, -0.25) is 4.79 Å². The van der Waals surface area contributed by atoms with Crippen LogP contribution in [0.1, 0.15) is 44.1 Å². The molecule has 0 radical (unpaired) electrons. The maximum atomic E-state index is 13.6. The van der Waals surface area contributed by atoms with Gasteiger partial charge in [0.25, 0.3) is 0 Å². The summed E-state index contributed by atoms with van der Waals surface area (Å²) in [7, 11) is 0. The smallest absolute Gasteiger partial charge is 0.250 e. The highest BCUT2D eigenvalue weighted by Gasteiger charge is 2.42. The molecule has 0 saturated heterocycles. The number of nitrogens with one attached hydrogen (secondary N) is 2. The van der Waals surface area contributed by atoms with Crippen LogP contribution < -0.4 is 10.6 Å². The van der Waals surface area contributed by atoms with Crippen LogP contribution in [-0.2, 0) is 4.79 Å². The zero-order chi connectivity index (χ0) is 13.5. The maximum Gasteiger partial charge on any atom is 0.250 e. The van der Waals surface area contributed by atoms with Crippen molar-refractivity contribution in [2.24, 2.45) is 0 Å². The molecule has 19 heavy (non-hydrogen) atoms. The summed E-state index contributed by atoms with van der Waals surface area (Å²) in [5, 5.41) is 6.27. The average molecular weight is 262 g/mol. The minimum absolute atomic E-state index is 0.00912. The van der Waals surface area contributed by atoms with E-state index in [1.807, 2.05) is 0 Å². The third kappa shape index (κ3) is 2.09. The van der Waals surface area contributed by atoms with E-state index in [9.17, 15) is 9.18 Å². The van der Waals surface area contributed by atoms with Crippen LogP contribution in [0.4, 0.5) is 15.8 Å². The fourth-order valence-corrected chi connectivity index (χ4v) is 3.13. The fourth-order valence-electron chi connectivity index (χ4n) is 3.13. The van der Waals surface area contributed by atoms with E-state index in [1.165, 1.54) is 18.9 Å². The van der Waals surface area contributed by atoms with Crippen LogP contribution >= 0.6 is 0 Å². The van der Waals surface area contributed by atoms with E-state index < -0.39 is 5.54 Å². The lowest BCUT2D eigenvalue weighted by molar-refractivity contribution is -0.121. The summed E-state index contributed by atoms with van der Waals surface area (Å²) >= 11 is 0. The number of aryl methyl sites for hydroxylation is 1. The molecular formula is C15H19FN2O. The van der Waals surface area contributed by atoms with Gasteiger partial charge in [-0.2, -0.15) is 0 Å². The number of rotatable bonds is 0. The molecule has 3 nitrogen and oxygen atoms in total. The van der Waals surface area contributed by atoms with Crippen molar-refractivity contribution >= 4 is 17.3 Å². The molecule has 102 valence electrons. The molecule has 0 unspecified atom stereocenters. The Balaban J connectivity index is 1.98. The lowest BCUT2D eigenvalue weighted by Gasteiger charge is -2.38. The minimum atomic E-state index is -0.492. The van der Waals surface area contributed by atoms with Crippen molar-refractivity contribution in [1.29, 1.82) is 0 Å². The monoisotopic (exact) mass is 262 g/mol. The van der Waals surface area contributed by atoms with Gasteiger partial charge in [-0.25, -0.2) is 4.39 Å². The van der Waals surface area contributed by atoms with E-state index in [-0.39, 0.29) is 11.7 Å². The van der Waals surface area contributed by atoms with Gasteiger partial charge in [0.1, 0.15) is 11.4 Å². The maximum absolute atomic E-state index is 13.6. The molecular weight excluding hydrogens is 243 g/mol. The van der Waals surface area contributed by atoms with E-state index in [2.05, 4.69) is 10.6 Å². The van der Waals surface area contributed by atoms with Gasteiger partial charge in [0.05, 0.1) is 11.4 Å². The quantitative estimate of drug-likeness (QED) is 0.750. The Hall–Kier alpha value is -1.58. The van der Waals surface area contributed by atoms with Crippen molar-refractivity contribution in [1.82, 2.24) is 0 Å². The molecule has 1 aliphatic heterocycles. The Morgan fingerprint density at radius 3 is 2.47 bits per heavy atom. The molecule has 0 bridgehead atoms. The molecule has 2 aliphatic rings. The van der Waals surface area contributed by atoms with Crippen molar-refractivity contribution in [3.63, 3.8) is 0 Å². The molecule has 2 N–H and O–H groups in total. The summed E-state index contributed by atoms with van der Waals surface area (Å²) < 4.78 is 13.6. The van der Waals surface area contributed by atoms with Crippen LogP contribution in [0.15, 0.2) is 12.1 Å². The van der Waals surface area contributed by atoms with Gasteiger partial charge in [-0.1, -0.05) is 25.7 Å². The summed E-state index contributed by atoms with van der Waals surface area (Å²) in [5.74, 6) is -0.289. The van der Waals surface area contributed by atoms with E-state index in [0.29, 0.717) is 11.3 Å². The van der Waals surface area contributed by atoms with Gasteiger partial charge in [0, 0.05) is 0 Å². The number of carbonyl (C=O) groups excluding carboxylic acids is 1. The van der Waals surface area contributed by atoms with Gasteiger partial charge in [0.2, 0.25) is 5.91 Å². The Bertz CT molecular complexity index is 519. The van der Waals surface area contributed by atoms with Gasteiger partial charge in [-0.15, -0.1) is 0 Å². The second kappa shape index (κ2) is 4.51. The third-order valence-corrected chi connectivity index (χ3v) is 4.31. The zero-order valence-electron chi connectivity index (χ0n) is 11.2. The number of amides is 1. The first-order chi connectivity index (χ1) is 9.11. The van der Waals surface area contributed by atoms with Crippen LogP contribution in [0.3, 0.4) is 0 Å². The van der Waals surface area contributed by atoms with E-state index >= 15 is 0 Å². The lowest BCUT2D eigenvalue weighted by atomic mass is 9.86. The number of halogens is 1. The summed E-state index contributed by atoms with van der Waals surface area (Å²) in [6.07, 6.45) is 6.22. The molecule has 1 fully saturated rings. The minimum Gasteiger partial charge on any atom is -0.370 e. The van der Waals surface area contributed by atoms with Crippen molar-refractivity contribution in [2.75, 3.05) is 10.6 Å². The first kappa shape index (κ1) is 12.5. The molecule has 1 saturated carbocycles. The van der Waals surface area contributed by atoms with Gasteiger partial charge >= 0.3 is 0 Å². The highest BCUT2D eigenvalue weighted by molar-refractivity contribution is 6.06. The number of benzene rings is 1. The van der Waals surface area contributed by atoms with Crippen LogP contribution in [0.5, 0.6) is 0 Å². The van der Waals surface area contributed by atoms with Crippen molar-refractivity contribution in [3.05, 3.63) is 23.5 Å². The molecule has 1 spiro atoms. The molecule has 3 rings (SSSR count). The average Bonchev–Trinajstić information content (AvgIpc) is 2.60. The van der Waals surface area contributed by atoms with Crippen molar-refractivity contribution in [2.45, 2.75) is 51.0 Å². The predicted octanol–water partition coefficient (Wildman–Crippen LogP) is 3.59. The van der Waals surface area contributed by atoms with Gasteiger partial charge in [0.15, 0.2) is 0 Å². The summed E-state index contributed by atoms with van der Waals surface area (Å²) in [6.45, 7) is 1.74. The predicted molar refractivity (Wildman–Crippen MR) is 73.8 cm³/mol. The topological polar surface area (TPSA) is 41.1 Å². The van der Waals surface area contributed by atoms with Gasteiger partial charge < -0.3 is 10.6 Å². The summed E-state index contributed by atoms with van der Waals surface area (Å²) in [4.78, 5) is 12.4. The number of carbonyl (C=O) groups is 1. The molecule has 0 aromatic heterocycles. The molecule has 1 aromatic rings. The van der Waals surface area contributed by atoms with Crippen LogP contribution in [0.2, 0.25) is 0 Å². The molecule has 4 heteroatoms. The Labute approximate surface area is 112 Å². The fraction of sp³-hybridized carbons (Fsp3) is 0.533. The number of anilines is 2. The van der Waals surface area contributed by atoms with Crippen LogP contribution in [-0.4, -0.2) is 11.4 Å². The molecule has 1 aliphatic carbocycles. The van der Waals surface area contributed by atoms with Crippen molar-refractivity contribution < 1.29 is 9.18 Å². The SMILES string of the molecule is Cc1cc2c(cc1F)NC(=O)C1(CCCCCC1)N2. The Morgan fingerprint density at radius 2 is 1.79 bits per heavy atom. The summed E-state index contributed by atoms with van der Waals surface area (Å²) in [6, 6.07) is 3.19. The zero-order valence-corrected chi connectivity index (χ0v) is 11.2. The number of hydrogen-bond acceptors (Lipinski definition) is 2. The molecule has 0 atom stereocenters. The van der Waals surface area contributed by atoms with Crippen LogP contribution in [0.25, 0.3) is 0 Å². The second-order valence-electron chi connectivity index (χ2n) is 5.72. The number of hydrogen-bond donors (Lipinski definition) is 2. The normalized spacial score (nSPS) is 21.3. The van der Waals surface area contributed by atoms with Crippen molar-refractivity contribution in [3.8, 4) is 0 Å². The first-order valence-electron chi connectivity index (χ1n) is 7.00. The second-order valence-corrected chi connectivity index (χ2v) is 5.72. The standard InChI is InChI=1S/C15H19FN2O/c1-10-8-13-12(9-11(10)16)17-14(19)15(18-13)6-4-2-3-5-7-15/h8-9,18H,2-7H2,1H3,(H,17,19). The highest BCUT2D eigenvalue weighted by Crippen LogP contribution is 2.39. The third-order valence-electron chi connectivity index (χ3n) is 4.31. The molecule has 1 aromatic carbocycles. The highest BCUT2D eigenvalue weighted by atomic mass is 19.1. The van der Waals surface area contributed by atoms with E-state index in [1.54, 1.807) is 13.0 Å². The first-order valence-corrected chi connectivity index (χ1v) is 7.00. The van der Waals surface area contributed by atoms with E-state index in [0.717, 1.165) is 31.4 Å². The Kier molecular flexibility index (Phi) is 2.96. The Morgan fingerprint density at radius 1 is 1.11 bits per heavy atom. The largest absolute Gasteiger partial charge is 0.370 e. The van der Waals surface area contributed by atoms with Crippen LogP contribution in [0, 0.1) is 12.7 Å². The lowest BCUT2D eigenvalue weighted by Crippen LogP contribution is -2.52. The van der Waals surface area contributed by atoms with E-state index in [4.69, 9.17) is 0 Å². The molecule has 1 heterocycles.